The standard InChI is InChI=1S/C11H20N2O3S/c1-17-7-4-9(11(15)16)13-10(14)8-2-5-12-6-3-8/h8-9,12H,2-7H2,1H3,(H,13,14)(H,15,16). The van der Waals surface area contributed by atoms with Crippen LogP contribution in [0.4, 0.5) is 0 Å². The molecule has 1 fully saturated rings. The number of thioether (sulfide) groups is 1. The molecule has 1 aliphatic heterocycles. The molecule has 0 saturated carbocycles. The highest BCUT2D eigenvalue weighted by atomic mass is 32.2. The first kappa shape index (κ1) is 14.3. The third kappa shape index (κ3) is 4.95. The molecule has 0 aromatic heterocycles. The van der Waals surface area contributed by atoms with Crippen molar-refractivity contribution in [3.05, 3.63) is 0 Å². The molecule has 0 bridgehead atoms. The predicted molar refractivity (Wildman–Crippen MR) is 68.2 cm³/mol. The van der Waals surface area contributed by atoms with Crippen LogP contribution in [-0.4, -0.2) is 48.1 Å². The number of hydrogen-bond acceptors (Lipinski definition) is 4. The third-order valence-corrected chi connectivity index (χ3v) is 3.58. The van der Waals surface area contributed by atoms with E-state index in [2.05, 4.69) is 10.6 Å². The van der Waals surface area contributed by atoms with Crippen molar-refractivity contribution in [3.63, 3.8) is 0 Å². The number of carboxylic acids is 1. The van der Waals surface area contributed by atoms with Crippen molar-refractivity contribution in [1.82, 2.24) is 10.6 Å². The van der Waals surface area contributed by atoms with Gasteiger partial charge in [-0.2, -0.15) is 11.8 Å². The van der Waals surface area contributed by atoms with E-state index in [9.17, 15) is 9.59 Å². The molecule has 1 unspecified atom stereocenters. The van der Waals surface area contributed by atoms with Gasteiger partial charge < -0.3 is 15.7 Å². The largest absolute Gasteiger partial charge is 0.480 e. The lowest BCUT2D eigenvalue weighted by atomic mass is 9.97. The van der Waals surface area contributed by atoms with Crippen LogP contribution in [0.5, 0.6) is 0 Å². The average molecular weight is 260 g/mol. The zero-order chi connectivity index (χ0) is 12.7. The summed E-state index contributed by atoms with van der Waals surface area (Å²) in [6.45, 7) is 1.67. The van der Waals surface area contributed by atoms with E-state index in [0.717, 1.165) is 31.7 Å². The number of aliphatic carboxylic acids is 1. The maximum Gasteiger partial charge on any atom is 0.326 e. The van der Waals surface area contributed by atoms with Gasteiger partial charge in [-0.1, -0.05) is 0 Å². The summed E-state index contributed by atoms with van der Waals surface area (Å²) in [4.78, 5) is 22.9. The van der Waals surface area contributed by atoms with Crippen molar-refractivity contribution in [2.24, 2.45) is 5.92 Å². The molecule has 0 aromatic rings. The Balaban J connectivity index is 2.42. The summed E-state index contributed by atoms with van der Waals surface area (Å²) in [7, 11) is 0. The maximum atomic E-state index is 11.9. The molecule has 98 valence electrons. The first-order valence-corrected chi connectivity index (χ1v) is 7.27. The van der Waals surface area contributed by atoms with Gasteiger partial charge in [0.1, 0.15) is 6.04 Å². The zero-order valence-corrected chi connectivity index (χ0v) is 10.9. The first-order valence-electron chi connectivity index (χ1n) is 5.88. The van der Waals surface area contributed by atoms with Gasteiger partial charge in [-0.25, -0.2) is 4.79 Å². The monoisotopic (exact) mass is 260 g/mol. The van der Waals surface area contributed by atoms with E-state index < -0.39 is 12.0 Å². The highest BCUT2D eigenvalue weighted by molar-refractivity contribution is 7.98. The average Bonchev–Trinajstić information content (AvgIpc) is 2.35. The summed E-state index contributed by atoms with van der Waals surface area (Å²) < 4.78 is 0. The van der Waals surface area contributed by atoms with Crippen LogP contribution < -0.4 is 10.6 Å². The van der Waals surface area contributed by atoms with E-state index in [-0.39, 0.29) is 11.8 Å². The second-order valence-electron chi connectivity index (χ2n) is 4.21. The number of amides is 1. The van der Waals surface area contributed by atoms with E-state index in [4.69, 9.17) is 5.11 Å². The molecule has 1 aliphatic rings. The minimum atomic E-state index is -0.943. The summed E-state index contributed by atoms with van der Waals surface area (Å²) in [5.74, 6) is -0.350. The molecule has 1 atom stereocenters. The normalized spacial score (nSPS) is 18.6. The van der Waals surface area contributed by atoms with Gasteiger partial charge in [-0.05, 0) is 44.4 Å². The highest BCUT2D eigenvalue weighted by Gasteiger charge is 2.25. The minimum absolute atomic E-state index is 0.0348. The quantitative estimate of drug-likeness (QED) is 0.640. The number of carbonyl (C=O) groups is 2. The molecule has 1 rings (SSSR count). The molecular formula is C11H20N2O3S. The predicted octanol–water partition coefficient (Wildman–Crippen LogP) is 0.309. The molecule has 3 N–H and O–H groups in total. The van der Waals surface area contributed by atoms with E-state index in [0.29, 0.717) is 6.42 Å². The topological polar surface area (TPSA) is 78.4 Å². The van der Waals surface area contributed by atoms with Crippen LogP contribution in [0.25, 0.3) is 0 Å². The van der Waals surface area contributed by atoms with Gasteiger partial charge in [-0.15, -0.1) is 0 Å². The van der Waals surface area contributed by atoms with Crippen LogP contribution in [0, 0.1) is 5.92 Å². The van der Waals surface area contributed by atoms with Gasteiger partial charge in [0.05, 0.1) is 0 Å². The summed E-state index contributed by atoms with van der Waals surface area (Å²) in [5.41, 5.74) is 0. The Bertz CT molecular complexity index is 267. The fraction of sp³-hybridized carbons (Fsp3) is 0.818. The molecule has 0 aliphatic carbocycles. The van der Waals surface area contributed by atoms with Gasteiger partial charge in [0, 0.05) is 5.92 Å². The lowest BCUT2D eigenvalue weighted by Crippen LogP contribution is -2.46. The molecule has 0 radical (unpaired) electrons. The lowest BCUT2D eigenvalue weighted by molar-refractivity contribution is -0.142. The number of nitrogens with one attached hydrogen (secondary N) is 2. The number of rotatable bonds is 6. The van der Waals surface area contributed by atoms with Gasteiger partial charge >= 0.3 is 5.97 Å². The Hall–Kier alpha value is -0.750. The molecule has 5 nitrogen and oxygen atoms in total. The van der Waals surface area contributed by atoms with E-state index in [1.165, 1.54) is 0 Å². The summed E-state index contributed by atoms with van der Waals surface area (Å²) in [6.07, 6.45) is 3.99. The van der Waals surface area contributed by atoms with Crippen molar-refractivity contribution in [1.29, 1.82) is 0 Å². The number of hydrogen-bond donors (Lipinski definition) is 3. The van der Waals surface area contributed by atoms with Crippen LogP contribution in [-0.2, 0) is 9.59 Å². The van der Waals surface area contributed by atoms with Crippen LogP contribution >= 0.6 is 11.8 Å². The van der Waals surface area contributed by atoms with Crippen molar-refractivity contribution in [3.8, 4) is 0 Å². The fourth-order valence-electron chi connectivity index (χ4n) is 1.87. The Labute approximate surface area is 106 Å². The molecule has 1 amide bonds. The van der Waals surface area contributed by atoms with Gasteiger partial charge in [0.15, 0.2) is 0 Å². The van der Waals surface area contributed by atoms with Crippen molar-refractivity contribution in [2.45, 2.75) is 25.3 Å². The first-order chi connectivity index (χ1) is 8.15. The van der Waals surface area contributed by atoms with Crippen LogP contribution in [0.2, 0.25) is 0 Å². The smallest absolute Gasteiger partial charge is 0.326 e. The Morgan fingerprint density at radius 2 is 2.12 bits per heavy atom. The Kier molecular flexibility index (Phi) is 6.36. The molecule has 1 heterocycles. The third-order valence-electron chi connectivity index (χ3n) is 2.94. The molecule has 6 heteroatoms. The van der Waals surface area contributed by atoms with Crippen molar-refractivity contribution >= 4 is 23.6 Å². The number of carbonyl (C=O) groups excluding carboxylic acids is 1. The molecule has 0 aromatic carbocycles. The van der Waals surface area contributed by atoms with Gasteiger partial charge in [-0.3, -0.25) is 4.79 Å². The van der Waals surface area contributed by atoms with Crippen molar-refractivity contribution < 1.29 is 14.7 Å². The Morgan fingerprint density at radius 1 is 1.47 bits per heavy atom. The van der Waals surface area contributed by atoms with Crippen LogP contribution in [0.15, 0.2) is 0 Å². The molecular weight excluding hydrogens is 240 g/mol. The van der Waals surface area contributed by atoms with Gasteiger partial charge in [0.2, 0.25) is 5.91 Å². The SMILES string of the molecule is CSCCC(NC(=O)C1CCNCC1)C(=O)O. The fourth-order valence-corrected chi connectivity index (χ4v) is 2.34. The van der Waals surface area contributed by atoms with Crippen molar-refractivity contribution in [2.75, 3.05) is 25.1 Å². The number of carboxylic acid groups (broad SMARTS) is 1. The summed E-state index contributed by atoms with van der Waals surface area (Å²) in [6, 6.07) is -0.746. The zero-order valence-electron chi connectivity index (χ0n) is 10.1. The summed E-state index contributed by atoms with van der Waals surface area (Å²) >= 11 is 1.59. The minimum Gasteiger partial charge on any atom is -0.480 e. The molecule has 17 heavy (non-hydrogen) atoms. The van der Waals surface area contributed by atoms with Crippen LogP contribution in [0.3, 0.4) is 0 Å². The van der Waals surface area contributed by atoms with E-state index in [1.54, 1.807) is 11.8 Å². The maximum absolute atomic E-state index is 11.9. The highest BCUT2D eigenvalue weighted by Crippen LogP contribution is 2.12. The second kappa shape index (κ2) is 7.55. The van der Waals surface area contributed by atoms with E-state index in [1.807, 2.05) is 6.26 Å². The Morgan fingerprint density at radius 3 is 2.65 bits per heavy atom. The van der Waals surface area contributed by atoms with Crippen LogP contribution in [0.1, 0.15) is 19.3 Å². The second-order valence-corrected chi connectivity index (χ2v) is 5.19. The van der Waals surface area contributed by atoms with Gasteiger partial charge in [0.25, 0.3) is 0 Å². The van der Waals surface area contributed by atoms with E-state index >= 15 is 0 Å². The molecule has 1 saturated heterocycles. The lowest BCUT2D eigenvalue weighted by Gasteiger charge is -2.23. The molecule has 0 spiro atoms. The number of piperidine rings is 1. The summed E-state index contributed by atoms with van der Waals surface area (Å²) in [5, 5.41) is 14.8.